The zero-order valence-electron chi connectivity index (χ0n) is 34.2. The van der Waals surface area contributed by atoms with Crippen molar-refractivity contribution in [2.45, 2.75) is 37.0 Å². The van der Waals surface area contributed by atoms with Gasteiger partial charge in [0.15, 0.2) is 0 Å². The predicted octanol–water partition coefficient (Wildman–Crippen LogP) is 13.4. The second kappa shape index (κ2) is 16.3. The number of hydrogen-bond acceptors (Lipinski definition) is 3. The van der Waals surface area contributed by atoms with E-state index in [0.29, 0.717) is 0 Å². The molecule has 10 aromatic rings. The molecule has 6 heteroatoms. The number of benzene rings is 7. The van der Waals surface area contributed by atoms with Gasteiger partial charge in [-0.15, -0.1) is 18.2 Å². The first-order chi connectivity index (χ1) is 28.1. The second-order valence-corrected chi connectivity index (χ2v) is 26.2. The zero-order chi connectivity index (χ0) is 40.0. The first-order valence-corrected chi connectivity index (χ1v) is 26.8. The number of fused-ring (bicyclic) bond motifs is 6. The van der Waals surface area contributed by atoms with E-state index in [2.05, 4.69) is 154 Å². The fourth-order valence-corrected chi connectivity index (χ4v) is 11.1. The van der Waals surface area contributed by atoms with Crippen LogP contribution in [0.25, 0.3) is 83.2 Å². The third-order valence-corrected chi connectivity index (χ3v) is 14.8. The van der Waals surface area contributed by atoms with Crippen LogP contribution >= 0.6 is 0 Å². The van der Waals surface area contributed by atoms with Gasteiger partial charge in [0.2, 0.25) is 0 Å². The number of furan rings is 1. The van der Waals surface area contributed by atoms with E-state index in [4.69, 9.17) is 10.8 Å². The topological polar surface area (TPSA) is 43.9 Å². The normalized spacial score (nSPS) is 12.0. The van der Waals surface area contributed by atoms with Crippen LogP contribution in [-0.4, -0.2) is 27.8 Å². The molecule has 0 aliphatic heterocycles. The van der Waals surface area contributed by atoms with Crippen LogP contribution in [0.15, 0.2) is 168 Å². The summed E-state index contributed by atoms with van der Waals surface area (Å²) in [5.74, 6) is 7.26. The van der Waals surface area contributed by atoms with Gasteiger partial charge in [-0.1, -0.05) is 108 Å². The third kappa shape index (κ3) is 7.35. The molecule has 0 N–H and O–H groups in total. The Morgan fingerprint density at radius 3 is 2.21 bits per heavy atom. The Morgan fingerprint density at radius 1 is 0.690 bits per heavy atom. The number of aromatic nitrogens is 3. The van der Waals surface area contributed by atoms with E-state index in [1.807, 2.05) is 62.5 Å². The van der Waals surface area contributed by atoms with Crippen molar-refractivity contribution in [2.75, 3.05) is 0 Å². The Kier molecular flexibility index (Phi) is 10.7. The van der Waals surface area contributed by atoms with E-state index in [9.17, 15) is 0 Å². The van der Waals surface area contributed by atoms with Gasteiger partial charge in [-0.3, -0.25) is 4.98 Å². The van der Waals surface area contributed by atoms with Crippen molar-refractivity contribution in [2.24, 2.45) is 0 Å². The maximum atomic E-state index is 8.44. The van der Waals surface area contributed by atoms with Crippen LogP contribution in [0.2, 0.25) is 17.3 Å². The van der Waals surface area contributed by atoms with Gasteiger partial charge >= 0.3 is 120 Å². The molecular weight excluding hydrogens is 947 g/mol. The first kappa shape index (κ1) is 38.0. The zero-order valence-corrected chi connectivity index (χ0v) is 37.7. The molecule has 0 atom stereocenters. The van der Waals surface area contributed by atoms with Gasteiger partial charge in [0.1, 0.15) is 5.58 Å². The van der Waals surface area contributed by atoms with Gasteiger partial charge < -0.3 is 8.98 Å². The molecule has 4 nitrogen and oxygen atoms in total. The number of para-hydroxylation sites is 3. The third-order valence-electron chi connectivity index (χ3n) is 10.6. The van der Waals surface area contributed by atoms with Crippen LogP contribution in [0.4, 0.5) is 0 Å². The maximum Gasteiger partial charge on any atom is 0.128 e. The van der Waals surface area contributed by atoms with E-state index < -0.39 is 19.2 Å². The number of rotatable bonds is 6. The van der Waals surface area contributed by atoms with Gasteiger partial charge in [-0.05, 0) is 29.1 Å². The minimum Gasteiger partial charge on any atom is -0.500 e. The van der Waals surface area contributed by atoms with Gasteiger partial charge in [0.05, 0.1) is 22.4 Å². The summed E-state index contributed by atoms with van der Waals surface area (Å²) in [6.07, 6.45) is 2.00. The molecule has 7 aromatic carbocycles. The molecule has 1 radical (unpaired) electrons. The number of pyridine rings is 1. The summed E-state index contributed by atoms with van der Waals surface area (Å²) >= 11 is -2.03. The van der Waals surface area contributed by atoms with Crippen LogP contribution in [0.3, 0.4) is 0 Å². The smallest absolute Gasteiger partial charge is 0.128 e. The second-order valence-electron chi connectivity index (χ2n) is 15.6. The molecule has 0 bridgehead atoms. The summed E-state index contributed by atoms with van der Waals surface area (Å²) in [7, 11) is 0. The van der Waals surface area contributed by atoms with Crippen LogP contribution in [0.5, 0.6) is 0 Å². The average Bonchev–Trinajstić information content (AvgIpc) is 3.83. The SMILES string of the molecule is [2H]C(C)(C)c1cc(-c2[c-]cccc2)nc[c]1[Ge]([CH3])([CH3])[CH3].[Ir].[c-]1ccc2c(oc3c4ccccc4ccc23)c1-c1nc2ccccc2n1-c1ccccc1-c1ccccc1. The Morgan fingerprint density at radius 2 is 1.41 bits per heavy atom. The molecule has 0 unspecified atom stereocenters. The van der Waals surface area contributed by atoms with Gasteiger partial charge in [0, 0.05) is 42.1 Å². The molecule has 3 aromatic heterocycles. The van der Waals surface area contributed by atoms with E-state index in [1.54, 1.807) is 0 Å². The molecule has 58 heavy (non-hydrogen) atoms. The molecule has 3 heterocycles. The maximum absolute atomic E-state index is 8.44. The van der Waals surface area contributed by atoms with Crippen molar-refractivity contribution in [3.05, 3.63) is 182 Å². The molecule has 0 saturated carbocycles. The summed E-state index contributed by atoms with van der Waals surface area (Å²) in [5.41, 5.74) is 10.9. The van der Waals surface area contributed by atoms with E-state index >= 15 is 0 Å². The van der Waals surface area contributed by atoms with E-state index in [-0.39, 0.29) is 20.1 Å². The van der Waals surface area contributed by atoms with Crippen LogP contribution in [0, 0.1) is 12.1 Å². The standard InChI is InChI=1S/C35H21N2O.C17H22GeN.Ir/c1-2-11-23(12-3-1)25-14-6-8-19-31(25)37-32-20-9-7-18-30(32)36-35(37)29-17-10-16-27-28-22-21-24-13-4-5-15-26(24)33(28)38-34(27)29;1-13(2)15-11-17(14-9-7-6-8-10-14)19-12-16(15)18(3,4)5;/h1-16,18-22H;6-9,11-13H,1-5H3;/q2*-1;/i;13D;. The van der Waals surface area contributed by atoms with Crippen molar-refractivity contribution in [1.29, 1.82) is 0 Å². The molecule has 287 valence electrons. The first-order valence-electron chi connectivity index (χ1n) is 19.9. The Bertz CT molecular complexity index is 3090. The summed E-state index contributed by atoms with van der Waals surface area (Å²) in [6, 6.07) is 60.7. The summed E-state index contributed by atoms with van der Waals surface area (Å²) in [6.45, 7) is 3.91. The Balaban J connectivity index is 0.000000197. The molecule has 0 saturated heterocycles. The summed E-state index contributed by atoms with van der Waals surface area (Å²) in [4.78, 5) is 9.77. The van der Waals surface area contributed by atoms with Crippen LogP contribution < -0.4 is 4.40 Å². The minimum atomic E-state index is -2.03. The number of imidazole rings is 1. The van der Waals surface area contributed by atoms with Crippen molar-refractivity contribution in [3.8, 4) is 39.5 Å². The number of hydrogen-bond donors (Lipinski definition) is 0. The molecule has 10 rings (SSSR count). The molecule has 0 aliphatic carbocycles. The van der Waals surface area contributed by atoms with Crippen LogP contribution in [0.1, 0.15) is 26.7 Å². The Labute approximate surface area is 357 Å². The van der Waals surface area contributed by atoms with Gasteiger partial charge in [-0.25, -0.2) is 0 Å². The average molecular weight is 992 g/mol. The molecule has 0 amide bonds. The fourth-order valence-electron chi connectivity index (χ4n) is 7.77. The predicted molar refractivity (Wildman–Crippen MR) is 241 cm³/mol. The fraction of sp³-hybridized carbons (Fsp3) is 0.115. The van der Waals surface area contributed by atoms with Crippen LogP contribution in [-0.2, 0) is 20.1 Å². The minimum absolute atomic E-state index is 0. The monoisotopic (exact) mass is 993 g/mol. The largest absolute Gasteiger partial charge is 0.500 e. The molecule has 0 aliphatic rings. The van der Waals surface area contributed by atoms with E-state index in [1.165, 1.54) is 4.40 Å². The summed E-state index contributed by atoms with van der Waals surface area (Å²) < 4.78 is 18.7. The molecular formula is C52H43GeIrN3O-2. The van der Waals surface area contributed by atoms with Crippen molar-refractivity contribution < 1.29 is 25.9 Å². The van der Waals surface area contributed by atoms with Crippen molar-refractivity contribution in [3.63, 3.8) is 0 Å². The van der Waals surface area contributed by atoms with Crippen molar-refractivity contribution in [1.82, 2.24) is 14.5 Å². The van der Waals surface area contributed by atoms with Gasteiger partial charge in [-0.2, -0.15) is 0 Å². The van der Waals surface area contributed by atoms with Gasteiger partial charge in [0.25, 0.3) is 0 Å². The molecule has 0 fully saturated rings. The number of nitrogens with zero attached hydrogens (tertiary/aromatic N) is 3. The van der Waals surface area contributed by atoms with Crippen molar-refractivity contribution >= 4 is 61.4 Å². The molecule has 0 spiro atoms. The summed E-state index contributed by atoms with van der Waals surface area (Å²) in [5, 5.41) is 4.43. The van der Waals surface area contributed by atoms with E-state index in [0.717, 1.165) is 88.8 Å². The Hall–Kier alpha value is -5.59. The quantitative estimate of drug-likeness (QED) is 0.123.